The monoisotopic (exact) mass is 353 g/mol. The van der Waals surface area contributed by atoms with Gasteiger partial charge in [0, 0.05) is 12.0 Å². The molecule has 1 aromatic heterocycles. The number of ketones is 1. The molecular weight excluding hydrogens is 338 g/mol. The number of halogens is 1. The van der Waals surface area contributed by atoms with Gasteiger partial charge in [-0.25, -0.2) is 4.98 Å². The summed E-state index contributed by atoms with van der Waals surface area (Å²) in [7, 11) is 0. The van der Waals surface area contributed by atoms with Gasteiger partial charge in [-0.15, -0.1) is 0 Å². The molecule has 2 heterocycles. The average Bonchev–Trinajstić information content (AvgIpc) is 3.15. The van der Waals surface area contributed by atoms with Gasteiger partial charge in [-0.1, -0.05) is 35.9 Å². The van der Waals surface area contributed by atoms with Gasteiger partial charge in [-0.05, 0) is 35.7 Å². The summed E-state index contributed by atoms with van der Waals surface area (Å²) in [6, 6.07) is 13.4. The lowest BCUT2D eigenvalue weighted by Crippen LogP contribution is -2.29. The summed E-state index contributed by atoms with van der Waals surface area (Å²) in [5, 5.41) is 0.548. The highest BCUT2D eigenvalue weighted by Crippen LogP contribution is 2.30. The van der Waals surface area contributed by atoms with Crippen LogP contribution in [0.5, 0.6) is 5.75 Å². The van der Waals surface area contributed by atoms with E-state index in [4.69, 9.17) is 20.8 Å². The van der Waals surface area contributed by atoms with Crippen LogP contribution in [-0.4, -0.2) is 17.4 Å². The van der Waals surface area contributed by atoms with Crippen LogP contribution >= 0.6 is 11.6 Å². The molecule has 1 aliphatic rings. The first-order chi connectivity index (χ1) is 12.2. The molecule has 126 valence electrons. The number of aromatic nitrogens is 1. The van der Waals surface area contributed by atoms with Crippen molar-refractivity contribution < 1.29 is 13.9 Å². The summed E-state index contributed by atoms with van der Waals surface area (Å²) >= 11 is 6.33. The van der Waals surface area contributed by atoms with Gasteiger partial charge in [0.2, 0.25) is 0 Å². The normalized spacial score (nSPS) is 16.1. The predicted octanol–water partition coefficient (Wildman–Crippen LogP) is 4.36. The summed E-state index contributed by atoms with van der Waals surface area (Å²) in [6.07, 6.45) is 4.04. The minimum absolute atomic E-state index is 0.123. The number of fused-ring (bicyclic) bond motifs is 1. The van der Waals surface area contributed by atoms with Crippen LogP contribution in [-0.2, 0) is 17.6 Å². The van der Waals surface area contributed by atoms with E-state index in [-0.39, 0.29) is 11.7 Å². The Kier molecular flexibility index (Phi) is 4.28. The van der Waals surface area contributed by atoms with Crippen LogP contribution in [0.4, 0.5) is 0 Å². The minimum atomic E-state index is -0.123. The summed E-state index contributed by atoms with van der Waals surface area (Å²) in [5.41, 5.74) is 2.74. The molecule has 0 radical (unpaired) electrons. The maximum Gasteiger partial charge on any atom is 0.181 e. The fourth-order valence-electron chi connectivity index (χ4n) is 3.10. The summed E-state index contributed by atoms with van der Waals surface area (Å²) < 4.78 is 11.0. The molecule has 1 aliphatic heterocycles. The topological polar surface area (TPSA) is 52.3 Å². The van der Waals surface area contributed by atoms with Crippen molar-refractivity contribution in [1.29, 1.82) is 0 Å². The number of oxazole rings is 1. The van der Waals surface area contributed by atoms with Crippen molar-refractivity contribution in [3.05, 3.63) is 71.2 Å². The highest BCUT2D eigenvalue weighted by molar-refractivity contribution is 6.33. The average molecular weight is 354 g/mol. The zero-order chi connectivity index (χ0) is 17.2. The molecule has 4 nitrogen and oxygen atoms in total. The van der Waals surface area contributed by atoms with Gasteiger partial charge in [0.25, 0.3) is 0 Å². The van der Waals surface area contributed by atoms with E-state index >= 15 is 0 Å². The maximum absolute atomic E-state index is 12.7. The Morgan fingerprint density at radius 2 is 2.12 bits per heavy atom. The highest BCUT2D eigenvalue weighted by atomic mass is 35.5. The molecular formula is C20H16ClNO3. The summed E-state index contributed by atoms with van der Waals surface area (Å²) in [6.45, 7) is 0.430. The van der Waals surface area contributed by atoms with E-state index in [0.717, 1.165) is 28.9 Å². The van der Waals surface area contributed by atoms with Gasteiger partial charge >= 0.3 is 0 Å². The fourth-order valence-corrected chi connectivity index (χ4v) is 3.39. The van der Waals surface area contributed by atoms with Crippen LogP contribution in [0, 0.1) is 5.92 Å². The Bertz CT molecular complexity index is 905. The van der Waals surface area contributed by atoms with Gasteiger partial charge in [-0.3, -0.25) is 4.79 Å². The first kappa shape index (κ1) is 15.9. The molecule has 4 rings (SSSR count). The second kappa shape index (κ2) is 6.73. The Morgan fingerprint density at radius 3 is 2.92 bits per heavy atom. The smallest absolute Gasteiger partial charge is 0.181 e. The molecule has 0 saturated heterocycles. The Balaban J connectivity index is 1.47. The number of hydrogen-bond acceptors (Lipinski definition) is 4. The third kappa shape index (κ3) is 3.30. The molecule has 0 amide bonds. The van der Waals surface area contributed by atoms with Crippen molar-refractivity contribution in [1.82, 2.24) is 4.98 Å². The lowest BCUT2D eigenvalue weighted by molar-refractivity contribution is -0.123. The van der Waals surface area contributed by atoms with Gasteiger partial charge in [0.15, 0.2) is 12.2 Å². The Morgan fingerprint density at radius 1 is 1.24 bits per heavy atom. The molecule has 2 aromatic carbocycles. The second-order valence-electron chi connectivity index (χ2n) is 6.14. The van der Waals surface area contributed by atoms with Crippen molar-refractivity contribution in [2.45, 2.75) is 12.8 Å². The fraction of sp³-hybridized carbons (Fsp3) is 0.200. The molecule has 0 fully saturated rings. The van der Waals surface area contributed by atoms with Gasteiger partial charge in [0.05, 0.1) is 23.7 Å². The quantitative estimate of drug-likeness (QED) is 0.699. The van der Waals surface area contributed by atoms with E-state index in [1.54, 1.807) is 6.20 Å². The molecule has 3 aromatic rings. The first-order valence-corrected chi connectivity index (χ1v) is 8.49. The molecule has 0 N–H and O–H groups in total. The molecule has 1 atom stereocenters. The molecule has 0 bridgehead atoms. The van der Waals surface area contributed by atoms with Crippen LogP contribution in [0.2, 0.25) is 5.02 Å². The zero-order valence-electron chi connectivity index (χ0n) is 13.4. The molecule has 0 spiro atoms. The van der Waals surface area contributed by atoms with Crippen LogP contribution in [0.25, 0.3) is 11.3 Å². The maximum atomic E-state index is 12.7. The van der Waals surface area contributed by atoms with Crippen molar-refractivity contribution in [2.24, 2.45) is 5.92 Å². The lowest BCUT2D eigenvalue weighted by atomic mass is 9.90. The van der Waals surface area contributed by atoms with Crippen molar-refractivity contribution >= 4 is 17.4 Å². The molecule has 1 unspecified atom stereocenters. The SMILES string of the molecule is O=C(Cc1ccc(-c2cnco2)c(Cl)c1)C1COc2ccccc2C1. The van der Waals surface area contributed by atoms with Crippen LogP contribution in [0.15, 0.2) is 59.5 Å². The number of Topliss-reactive ketones (excluding diaryl/α,β-unsaturated/α-hetero) is 1. The zero-order valence-corrected chi connectivity index (χ0v) is 14.2. The van der Waals surface area contributed by atoms with E-state index in [9.17, 15) is 4.79 Å². The third-order valence-corrected chi connectivity index (χ3v) is 4.76. The molecule has 0 aliphatic carbocycles. The standard InChI is InChI=1S/C20H16ClNO3/c21-17-7-13(5-6-16(17)20-10-22-12-25-20)8-18(23)15-9-14-3-1-2-4-19(14)24-11-15/h1-7,10,12,15H,8-9,11H2. The predicted molar refractivity (Wildman–Crippen MR) is 94.8 cm³/mol. The van der Waals surface area contributed by atoms with Gasteiger partial charge < -0.3 is 9.15 Å². The lowest BCUT2D eigenvalue weighted by Gasteiger charge is -2.24. The third-order valence-electron chi connectivity index (χ3n) is 4.44. The largest absolute Gasteiger partial charge is 0.493 e. The number of rotatable bonds is 4. The summed E-state index contributed by atoms with van der Waals surface area (Å²) in [4.78, 5) is 16.5. The number of ether oxygens (including phenoxy) is 1. The van der Waals surface area contributed by atoms with E-state index < -0.39 is 0 Å². The Hall–Kier alpha value is -2.59. The van der Waals surface area contributed by atoms with Crippen molar-refractivity contribution in [3.63, 3.8) is 0 Å². The van der Waals surface area contributed by atoms with E-state index in [2.05, 4.69) is 4.98 Å². The number of carbonyl (C=O) groups excluding carboxylic acids is 1. The van der Waals surface area contributed by atoms with Crippen LogP contribution in [0.3, 0.4) is 0 Å². The van der Waals surface area contributed by atoms with E-state index in [1.165, 1.54) is 6.39 Å². The van der Waals surface area contributed by atoms with Gasteiger partial charge in [0.1, 0.15) is 11.5 Å². The number of benzene rings is 2. The van der Waals surface area contributed by atoms with E-state index in [1.807, 2.05) is 42.5 Å². The van der Waals surface area contributed by atoms with Crippen molar-refractivity contribution in [3.8, 4) is 17.1 Å². The number of nitrogens with zero attached hydrogens (tertiary/aromatic N) is 1. The van der Waals surface area contributed by atoms with Gasteiger partial charge in [-0.2, -0.15) is 0 Å². The highest BCUT2D eigenvalue weighted by Gasteiger charge is 2.25. The van der Waals surface area contributed by atoms with Crippen molar-refractivity contribution in [2.75, 3.05) is 6.61 Å². The number of hydrogen-bond donors (Lipinski definition) is 0. The van der Waals surface area contributed by atoms with E-state index in [0.29, 0.717) is 23.8 Å². The Labute approximate surface area is 150 Å². The number of para-hydroxylation sites is 1. The minimum Gasteiger partial charge on any atom is -0.493 e. The molecule has 5 heteroatoms. The second-order valence-corrected chi connectivity index (χ2v) is 6.55. The molecule has 25 heavy (non-hydrogen) atoms. The summed E-state index contributed by atoms with van der Waals surface area (Å²) in [5.74, 6) is 1.53. The first-order valence-electron chi connectivity index (χ1n) is 8.11. The molecule has 0 saturated carbocycles. The van der Waals surface area contributed by atoms with Crippen LogP contribution in [0.1, 0.15) is 11.1 Å². The van der Waals surface area contributed by atoms with Crippen LogP contribution < -0.4 is 4.74 Å². The number of carbonyl (C=O) groups is 1.